The van der Waals surface area contributed by atoms with Gasteiger partial charge in [-0.1, -0.05) is 98.8 Å². The number of phenols is 1. The predicted octanol–water partition coefficient (Wildman–Crippen LogP) is 9.31. The molecule has 6 rings (SSSR count). The van der Waals surface area contributed by atoms with Crippen LogP contribution in [0.15, 0.2) is 146 Å². The van der Waals surface area contributed by atoms with E-state index in [1.807, 2.05) is 72.9 Å². The van der Waals surface area contributed by atoms with Crippen molar-refractivity contribution >= 4 is 17.2 Å². The fourth-order valence-electron chi connectivity index (χ4n) is 5.29. The molecule has 0 aliphatic rings. The number of rotatable bonds is 7. The molecule has 0 saturated heterocycles. The highest BCUT2D eigenvalue weighted by atomic mass is 16.3. The molecule has 1 N–H and O–H groups in total. The number of para-hydroxylation sites is 2. The average molecular weight is 534 g/mol. The van der Waals surface area contributed by atoms with Gasteiger partial charge in [0.25, 0.3) is 0 Å². The summed E-state index contributed by atoms with van der Waals surface area (Å²) in [7, 11) is 0. The maximum Gasteiger partial charge on any atom is 0.137 e. The number of hydrogen-bond acceptors (Lipinski definition) is 4. The van der Waals surface area contributed by atoms with E-state index in [2.05, 4.69) is 90.5 Å². The molecule has 0 atom stereocenters. The summed E-state index contributed by atoms with van der Waals surface area (Å²) in [5.41, 5.74) is 7.17. The van der Waals surface area contributed by atoms with Crippen LogP contribution >= 0.6 is 0 Å². The summed E-state index contributed by atoms with van der Waals surface area (Å²) >= 11 is 0. The van der Waals surface area contributed by atoms with Gasteiger partial charge in [-0.3, -0.25) is 4.90 Å². The SMILES string of the molecule is CC(C)(c1ccccc1)c1ccc(-c2cccc(N(c3ccccc3)c3ccccn3)c2)nc1-c1ccccc1O. The summed E-state index contributed by atoms with van der Waals surface area (Å²) in [5, 5.41) is 10.9. The molecule has 6 aromatic rings. The molecule has 41 heavy (non-hydrogen) atoms. The predicted molar refractivity (Wildman–Crippen MR) is 168 cm³/mol. The molecule has 2 heterocycles. The first-order valence-electron chi connectivity index (χ1n) is 13.7. The number of aromatic nitrogens is 2. The zero-order valence-corrected chi connectivity index (χ0v) is 23.1. The lowest BCUT2D eigenvalue weighted by molar-refractivity contribution is 0.477. The molecule has 0 spiro atoms. The van der Waals surface area contributed by atoms with Crippen LogP contribution in [0.5, 0.6) is 5.75 Å². The Morgan fingerprint density at radius 2 is 1.32 bits per heavy atom. The average Bonchev–Trinajstić information content (AvgIpc) is 3.03. The first-order valence-corrected chi connectivity index (χ1v) is 13.7. The minimum absolute atomic E-state index is 0.210. The molecule has 0 aliphatic heterocycles. The van der Waals surface area contributed by atoms with E-state index < -0.39 is 0 Å². The number of phenolic OH excluding ortho intramolecular Hbond substituents is 1. The maximum absolute atomic E-state index is 10.9. The zero-order valence-electron chi connectivity index (χ0n) is 23.1. The van der Waals surface area contributed by atoms with Gasteiger partial charge in [0.2, 0.25) is 0 Å². The van der Waals surface area contributed by atoms with Crippen molar-refractivity contribution in [1.29, 1.82) is 0 Å². The van der Waals surface area contributed by atoms with Crippen molar-refractivity contribution in [3.05, 3.63) is 157 Å². The highest BCUT2D eigenvalue weighted by molar-refractivity contribution is 5.79. The standard InChI is InChI=1S/C37H31N3O/c1-37(2,28-15-5-3-6-16-28)32-23-24-33(39-36(32)31-20-9-10-21-34(31)41)27-14-13-19-30(26-27)40(29-17-7-4-8-18-29)35-22-11-12-25-38-35/h3-26,41H,1-2H3. The Labute approximate surface area is 241 Å². The molecule has 0 bridgehead atoms. The number of nitrogens with zero attached hydrogens (tertiary/aromatic N) is 3. The number of aromatic hydroxyl groups is 1. The van der Waals surface area contributed by atoms with Gasteiger partial charge >= 0.3 is 0 Å². The summed E-state index contributed by atoms with van der Waals surface area (Å²) in [6.45, 7) is 4.40. The quantitative estimate of drug-likeness (QED) is 0.222. The minimum atomic E-state index is -0.338. The van der Waals surface area contributed by atoms with Crippen LogP contribution in [0.2, 0.25) is 0 Å². The van der Waals surface area contributed by atoms with Crippen molar-refractivity contribution in [3.8, 4) is 28.3 Å². The Bertz CT molecular complexity index is 1730. The van der Waals surface area contributed by atoms with E-state index in [1.54, 1.807) is 6.07 Å². The number of benzene rings is 4. The van der Waals surface area contributed by atoms with Crippen LogP contribution in [0.25, 0.3) is 22.5 Å². The smallest absolute Gasteiger partial charge is 0.137 e. The highest BCUT2D eigenvalue weighted by Crippen LogP contribution is 2.41. The molecular weight excluding hydrogens is 502 g/mol. The van der Waals surface area contributed by atoms with Crippen LogP contribution in [-0.4, -0.2) is 15.1 Å². The largest absolute Gasteiger partial charge is 0.507 e. The Kier molecular flexibility index (Phi) is 7.05. The van der Waals surface area contributed by atoms with E-state index in [4.69, 9.17) is 4.98 Å². The van der Waals surface area contributed by atoms with E-state index in [9.17, 15) is 5.11 Å². The highest BCUT2D eigenvalue weighted by Gasteiger charge is 2.28. The lowest BCUT2D eigenvalue weighted by Crippen LogP contribution is -2.20. The van der Waals surface area contributed by atoms with Crippen LogP contribution in [0.3, 0.4) is 0 Å². The summed E-state index contributed by atoms with van der Waals surface area (Å²) in [4.78, 5) is 12.0. The first-order chi connectivity index (χ1) is 20.0. The van der Waals surface area contributed by atoms with Gasteiger partial charge in [-0.05, 0) is 65.7 Å². The van der Waals surface area contributed by atoms with Crippen molar-refractivity contribution in [1.82, 2.24) is 9.97 Å². The number of pyridine rings is 2. The van der Waals surface area contributed by atoms with Crippen LogP contribution in [0.1, 0.15) is 25.0 Å². The molecular formula is C37H31N3O. The Balaban J connectivity index is 1.50. The molecule has 0 unspecified atom stereocenters. The van der Waals surface area contributed by atoms with Gasteiger partial charge in [-0.15, -0.1) is 0 Å². The molecule has 0 amide bonds. The number of anilines is 3. The van der Waals surface area contributed by atoms with Gasteiger partial charge in [0.15, 0.2) is 0 Å². The van der Waals surface area contributed by atoms with Crippen LogP contribution < -0.4 is 4.90 Å². The fraction of sp³-hybridized carbons (Fsp3) is 0.0811. The molecule has 200 valence electrons. The summed E-state index contributed by atoms with van der Waals surface area (Å²) < 4.78 is 0. The van der Waals surface area contributed by atoms with Crippen LogP contribution in [-0.2, 0) is 5.41 Å². The normalized spacial score (nSPS) is 11.3. The van der Waals surface area contributed by atoms with Gasteiger partial charge in [-0.2, -0.15) is 0 Å². The third-order valence-corrected chi connectivity index (χ3v) is 7.52. The molecule has 4 nitrogen and oxygen atoms in total. The topological polar surface area (TPSA) is 49.2 Å². The van der Waals surface area contributed by atoms with Gasteiger partial charge < -0.3 is 5.11 Å². The maximum atomic E-state index is 10.9. The monoisotopic (exact) mass is 533 g/mol. The van der Waals surface area contributed by atoms with E-state index in [-0.39, 0.29) is 11.2 Å². The summed E-state index contributed by atoms with van der Waals surface area (Å²) in [5.74, 6) is 1.04. The van der Waals surface area contributed by atoms with E-state index in [1.165, 1.54) is 5.56 Å². The van der Waals surface area contributed by atoms with Crippen molar-refractivity contribution in [2.75, 3.05) is 4.90 Å². The molecule has 4 aromatic carbocycles. The lowest BCUT2D eigenvalue weighted by atomic mass is 9.76. The molecule has 0 aliphatic carbocycles. The van der Waals surface area contributed by atoms with Gasteiger partial charge in [0.05, 0.1) is 11.4 Å². The second-order valence-corrected chi connectivity index (χ2v) is 10.5. The molecule has 4 heteroatoms. The van der Waals surface area contributed by atoms with Crippen molar-refractivity contribution in [2.24, 2.45) is 0 Å². The van der Waals surface area contributed by atoms with Gasteiger partial charge in [0, 0.05) is 34.1 Å². The summed E-state index contributed by atoms with van der Waals surface area (Å²) in [6.07, 6.45) is 1.81. The third kappa shape index (κ3) is 5.20. The summed E-state index contributed by atoms with van der Waals surface area (Å²) in [6, 6.07) is 46.6. The van der Waals surface area contributed by atoms with E-state index in [0.29, 0.717) is 5.56 Å². The second-order valence-electron chi connectivity index (χ2n) is 10.5. The van der Waals surface area contributed by atoms with Crippen molar-refractivity contribution in [2.45, 2.75) is 19.3 Å². The van der Waals surface area contributed by atoms with E-state index >= 15 is 0 Å². The number of hydrogen-bond donors (Lipinski definition) is 1. The zero-order chi connectivity index (χ0) is 28.2. The Morgan fingerprint density at radius 1 is 0.634 bits per heavy atom. The van der Waals surface area contributed by atoms with Crippen molar-refractivity contribution < 1.29 is 5.11 Å². The molecule has 0 radical (unpaired) electrons. The van der Waals surface area contributed by atoms with Crippen molar-refractivity contribution in [3.63, 3.8) is 0 Å². The molecule has 0 saturated carbocycles. The molecule has 0 fully saturated rings. The van der Waals surface area contributed by atoms with Crippen LogP contribution in [0, 0.1) is 0 Å². The minimum Gasteiger partial charge on any atom is -0.507 e. The lowest BCUT2D eigenvalue weighted by Gasteiger charge is -2.29. The van der Waals surface area contributed by atoms with Gasteiger partial charge in [0.1, 0.15) is 11.6 Å². The van der Waals surface area contributed by atoms with E-state index in [0.717, 1.165) is 39.7 Å². The Hall–Kier alpha value is -5.22. The van der Waals surface area contributed by atoms with Gasteiger partial charge in [-0.25, -0.2) is 9.97 Å². The Morgan fingerprint density at radius 3 is 2.05 bits per heavy atom. The molecule has 2 aromatic heterocycles. The first kappa shape index (κ1) is 26.0. The third-order valence-electron chi connectivity index (χ3n) is 7.52. The second kappa shape index (κ2) is 11.1. The fourth-order valence-corrected chi connectivity index (χ4v) is 5.29. The van der Waals surface area contributed by atoms with Crippen LogP contribution in [0.4, 0.5) is 17.2 Å².